The maximum absolute atomic E-state index is 12.7. The number of ether oxygens (including phenoxy) is 1. The number of nitrogens with zero attached hydrogens (tertiary/aromatic N) is 2. The highest BCUT2D eigenvalue weighted by Gasteiger charge is 2.33. The quantitative estimate of drug-likeness (QED) is 0.741. The zero-order valence-electron chi connectivity index (χ0n) is 15.4. The molecule has 1 amide bonds. The van der Waals surface area contributed by atoms with Crippen LogP contribution in [0.15, 0.2) is 35.2 Å². The molecule has 2 heterocycles. The topological polar surface area (TPSA) is 71.4 Å². The summed E-state index contributed by atoms with van der Waals surface area (Å²) in [6.45, 7) is 7.75. The van der Waals surface area contributed by atoms with Crippen LogP contribution in [0.2, 0.25) is 0 Å². The Morgan fingerprint density at radius 2 is 1.65 bits per heavy atom. The number of hydrogen-bond donors (Lipinski definition) is 1. The monoisotopic (exact) mass is 382 g/mol. The smallest absolute Gasteiger partial charge is 0.277 e. The fourth-order valence-electron chi connectivity index (χ4n) is 3.78. The number of sulfonamides is 1. The van der Waals surface area contributed by atoms with E-state index < -0.39 is 10.0 Å². The van der Waals surface area contributed by atoms with Gasteiger partial charge in [0.2, 0.25) is 10.0 Å². The van der Waals surface area contributed by atoms with Gasteiger partial charge in [-0.15, -0.1) is 0 Å². The van der Waals surface area contributed by atoms with Crippen molar-refractivity contribution in [3.8, 4) is 0 Å². The largest absolute Gasteiger partial charge is 0.364 e. The molecule has 7 nitrogen and oxygen atoms in total. The fourth-order valence-corrected chi connectivity index (χ4v) is 5.22. The number of amides is 1. The molecule has 1 N–H and O–H groups in total. The number of piperazine rings is 1. The lowest BCUT2D eigenvalue weighted by Crippen LogP contribution is -3.16. The second-order valence-electron chi connectivity index (χ2n) is 7.19. The molecule has 1 unspecified atom stereocenters. The van der Waals surface area contributed by atoms with E-state index >= 15 is 0 Å². The number of quaternary nitrogens is 1. The van der Waals surface area contributed by atoms with Crippen molar-refractivity contribution in [2.24, 2.45) is 0 Å². The lowest BCUT2D eigenvalue weighted by atomic mass is 10.2. The molecule has 3 rings (SSSR count). The minimum atomic E-state index is -3.48. The summed E-state index contributed by atoms with van der Waals surface area (Å²) in [6, 6.07) is 8.46. The summed E-state index contributed by atoms with van der Waals surface area (Å²) in [6.07, 6.45) is 0.323. The highest BCUT2D eigenvalue weighted by Crippen LogP contribution is 2.17. The standard InChI is InChI=1S/C18H27N3O4S/c1-15-12-19(13-16(2)25-15)14-18(22)20-8-10-21(11-9-20)26(23,24)17-6-4-3-5-7-17/h3-7,15-16H,8-14H2,1-2H3/p+1/t15-,16+. The number of hydrogen-bond acceptors (Lipinski definition) is 4. The van der Waals surface area contributed by atoms with Gasteiger partial charge in [0.15, 0.2) is 6.54 Å². The number of rotatable bonds is 4. The van der Waals surface area contributed by atoms with E-state index in [0.29, 0.717) is 37.6 Å². The molecule has 0 aliphatic carbocycles. The third kappa shape index (κ3) is 4.43. The Kier molecular flexibility index (Phi) is 5.96. The van der Waals surface area contributed by atoms with Gasteiger partial charge in [-0.2, -0.15) is 4.31 Å². The average Bonchev–Trinajstić information content (AvgIpc) is 2.61. The maximum atomic E-state index is 12.7. The molecule has 1 aromatic carbocycles. The lowest BCUT2D eigenvalue weighted by molar-refractivity contribution is -0.907. The highest BCUT2D eigenvalue weighted by atomic mass is 32.2. The van der Waals surface area contributed by atoms with Crippen LogP contribution in [-0.4, -0.2) is 81.6 Å². The molecule has 26 heavy (non-hydrogen) atoms. The fraction of sp³-hybridized carbons (Fsp3) is 0.611. The summed E-state index contributed by atoms with van der Waals surface area (Å²) < 4.78 is 32.5. The molecular formula is C18H28N3O4S+. The summed E-state index contributed by atoms with van der Waals surface area (Å²) in [4.78, 5) is 15.9. The van der Waals surface area contributed by atoms with Crippen molar-refractivity contribution >= 4 is 15.9 Å². The van der Waals surface area contributed by atoms with Gasteiger partial charge in [-0.3, -0.25) is 4.79 Å². The minimum Gasteiger partial charge on any atom is -0.364 e. The molecule has 1 aromatic rings. The van der Waals surface area contributed by atoms with Crippen LogP contribution in [0.1, 0.15) is 13.8 Å². The van der Waals surface area contributed by atoms with Crippen molar-refractivity contribution in [3.05, 3.63) is 30.3 Å². The van der Waals surface area contributed by atoms with Gasteiger partial charge in [-0.25, -0.2) is 8.42 Å². The molecule has 2 aliphatic rings. The van der Waals surface area contributed by atoms with Crippen molar-refractivity contribution in [2.45, 2.75) is 31.0 Å². The molecule has 0 radical (unpaired) electrons. The Bertz CT molecular complexity index is 707. The molecule has 2 aliphatic heterocycles. The van der Waals surface area contributed by atoms with Crippen molar-refractivity contribution in [1.29, 1.82) is 0 Å². The normalized spacial score (nSPS) is 28.1. The summed E-state index contributed by atoms with van der Waals surface area (Å²) in [5.41, 5.74) is 0. The molecule has 2 fully saturated rings. The summed E-state index contributed by atoms with van der Waals surface area (Å²) in [7, 11) is -3.48. The molecule has 0 aromatic heterocycles. The molecule has 144 valence electrons. The average molecular weight is 383 g/mol. The number of carbonyl (C=O) groups excluding carboxylic acids is 1. The molecule has 0 spiro atoms. The van der Waals surface area contributed by atoms with Crippen molar-refractivity contribution in [1.82, 2.24) is 9.21 Å². The third-order valence-electron chi connectivity index (χ3n) is 4.99. The molecule has 2 saturated heterocycles. The highest BCUT2D eigenvalue weighted by molar-refractivity contribution is 7.89. The third-order valence-corrected chi connectivity index (χ3v) is 6.90. The van der Waals surface area contributed by atoms with E-state index in [9.17, 15) is 13.2 Å². The van der Waals surface area contributed by atoms with Crippen molar-refractivity contribution in [2.75, 3.05) is 45.8 Å². The van der Waals surface area contributed by atoms with Crippen LogP contribution in [0.4, 0.5) is 0 Å². The van der Waals surface area contributed by atoms with Crippen LogP contribution < -0.4 is 4.90 Å². The van der Waals surface area contributed by atoms with E-state index in [1.807, 2.05) is 13.8 Å². The zero-order chi connectivity index (χ0) is 18.7. The number of benzene rings is 1. The van der Waals surface area contributed by atoms with Crippen LogP contribution in [0.25, 0.3) is 0 Å². The number of nitrogens with one attached hydrogen (secondary N) is 1. The molecule has 0 saturated carbocycles. The number of carbonyl (C=O) groups is 1. The van der Waals surface area contributed by atoms with Gasteiger partial charge in [-0.05, 0) is 26.0 Å². The minimum absolute atomic E-state index is 0.0954. The van der Waals surface area contributed by atoms with Gasteiger partial charge in [0.05, 0.1) is 4.90 Å². The first-order valence-corrected chi connectivity index (χ1v) is 10.6. The van der Waals surface area contributed by atoms with Crippen LogP contribution in [0.5, 0.6) is 0 Å². The zero-order valence-corrected chi connectivity index (χ0v) is 16.2. The molecule has 8 heteroatoms. The first-order chi connectivity index (χ1) is 12.4. The van der Waals surface area contributed by atoms with E-state index in [0.717, 1.165) is 13.1 Å². The van der Waals surface area contributed by atoms with Gasteiger partial charge < -0.3 is 14.5 Å². The lowest BCUT2D eigenvalue weighted by Gasteiger charge is -2.36. The summed E-state index contributed by atoms with van der Waals surface area (Å²) in [5, 5.41) is 0. The van der Waals surface area contributed by atoms with E-state index in [2.05, 4.69) is 0 Å². The Morgan fingerprint density at radius 1 is 1.08 bits per heavy atom. The van der Waals surface area contributed by atoms with Crippen LogP contribution in [0, 0.1) is 0 Å². The predicted octanol–water partition coefficient (Wildman–Crippen LogP) is -0.788. The van der Waals surface area contributed by atoms with Gasteiger partial charge in [-0.1, -0.05) is 18.2 Å². The number of morpholine rings is 1. The Labute approximate surface area is 155 Å². The van der Waals surface area contributed by atoms with E-state index in [4.69, 9.17) is 4.74 Å². The Hall–Kier alpha value is -1.48. The van der Waals surface area contributed by atoms with E-state index in [-0.39, 0.29) is 18.1 Å². The first-order valence-electron chi connectivity index (χ1n) is 9.18. The maximum Gasteiger partial charge on any atom is 0.277 e. The van der Waals surface area contributed by atoms with Gasteiger partial charge in [0.25, 0.3) is 5.91 Å². The van der Waals surface area contributed by atoms with E-state index in [1.165, 1.54) is 9.21 Å². The first kappa shape index (κ1) is 19.3. The Morgan fingerprint density at radius 3 is 2.23 bits per heavy atom. The molecule has 0 bridgehead atoms. The van der Waals surface area contributed by atoms with Crippen LogP contribution in [0.3, 0.4) is 0 Å². The van der Waals surface area contributed by atoms with Gasteiger partial charge >= 0.3 is 0 Å². The second kappa shape index (κ2) is 8.04. The summed E-state index contributed by atoms with van der Waals surface area (Å²) in [5.74, 6) is 0.0954. The summed E-state index contributed by atoms with van der Waals surface area (Å²) >= 11 is 0. The van der Waals surface area contributed by atoms with Crippen molar-refractivity contribution < 1.29 is 22.8 Å². The molecular weight excluding hydrogens is 354 g/mol. The van der Waals surface area contributed by atoms with Gasteiger partial charge in [0.1, 0.15) is 25.3 Å². The SMILES string of the molecule is C[C@@H]1C[NH+](CC(=O)N2CCN(S(=O)(=O)c3ccccc3)CC2)C[C@H](C)O1. The van der Waals surface area contributed by atoms with Gasteiger partial charge in [0, 0.05) is 26.2 Å². The Balaban J connectivity index is 1.54. The predicted molar refractivity (Wildman–Crippen MR) is 97.4 cm³/mol. The second-order valence-corrected chi connectivity index (χ2v) is 9.13. The van der Waals surface area contributed by atoms with Crippen LogP contribution in [-0.2, 0) is 19.6 Å². The van der Waals surface area contributed by atoms with Crippen LogP contribution >= 0.6 is 0 Å². The molecule has 3 atom stereocenters. The van der Waals surface area contributed by atoms with E-state index in [1.54, 1.807) is 35.2 Å². The van der Waals surface area contributed by atoms with Crippen molar-refractivity contribution in [3.63, 3.8) is 0 Å².